The summed E-state index contributed by atoms with van der Waals surface area (Å²) in [6.07, 6.45) is 2.63. The molecule has 1 saturated heterocycles. The molecule has 1 N–H and O–H groups in total. The number of phenols is 1. The Morgan fingerprint density at radius 3 is 2.41 bits per heavy atom. The number of halogens is 1. The molecule has 5 rings (SSSR count). The normalized spacial score (nSPS) is 18.1. The molecule has 168 valence electrons. The van der Waals surface area contributed by atoms with Gasteiger partial charge >= 0.3 is 0 Å². The minimum atomic E-state index is 0. The molecule has 5 heteroatoms. The summed E-state index contributed by atoms with van der Waals surface area (Å²) in [6.45, 7) is 5.88. The Morgan fingerprint density at radius 1 is 0.906 bits per heavy atom. The zero-order valence-corrected chi connectivity index (χ0v) is 19.1. The predicted octanol–water partition coefficient (Wildman–Crippen LogP) is 5.44. The van der Waals surface area contributed by atoms with Crippen LogP contribution in [0.25, 0.3) is 0 Å². The summed E-state index contributed by atoms with van der Waals surface area (Å²) in [5, 5.41) is 10.1. The Morgan fingerprint density at radius 2 is 1.66 bits per heavy atom. The van der Waals surface area contributed by atoms with Gasteiger partial charge in [0.2, 0.25) is 0 Å². The summed E-state index contributed by atoms with van der Waals surface area (Å²) in [6, 6.07) is 24.9. The van der Waals surface area contributed by atoms with Crippen molar-refractivity contribution < 1.29 is 9.84 Å². The van der Waals surface area contributed by atoms with Crippen LogP contribution in [0.1, 0.15) is 35.4 Å². The highest BCUT2D eigenvalue weighted by molar-refractivity contribution is 5.85. The van der Waals surface area contributed by atoms with Crippen LogP contribution in [0.4, 0.5) is 5.69 Å². The molecule has 2 aliphatic rings. The lowest BCUT2D eigenvalue weighted by atomic mass is 9.84. The number of nitrogens with zero attached hydrogens (tertiary/aromatic N) is 2. The van der Waals surface area contributed by atoms with Crippen LogP contribution in [0.2, 0.25) is 0 Å². The average molecular weight is 451 g/mol. The highest BCUT2D eigenvalue weighted by Gasteiger charge is 2.27. The van der Waals surface area contributed by atoms with Crippen LogP contribution < -0.4 is 9.64 Å². The van der Waals surface area contributed by atoms with Crippen molar-refractivity contribution in [1.29, 1.82) is 0 Å². The van der Waals surface area contributed by atoms with Gasteiger partial charge in [-0.25, -0.2) is 0 Å². The Labute approximate surface area is 196 Å². The molecule has 3 aromatic carbocycles. The molecule has 32 heavy (non-hydrogen) atoms. The van der Waals surface area contributed by atoms with Crippen LogP contribution in [-0.2, 0) is 6.54 Å². The third-order valence-corrected chi connectivity index (χ3v) is 6.55. The Hall–Kier alpha value is -2.69. The Bertz CT molecular complexity index is 1000. The minimum absolute atomic E-state index is 0. The van der Waals surface area contributed by atoms with Crippen LogP contribution in [-0.4, -0.2) is 42.8 Å². The molecule has 0 aromatic heterocycles. The van der Waals surface area contributed by atoms with Crippen molar-refractivity contribution in [2.24, 2.45) is 0 Å². The molecule has 1 atom stereocenters. The lowest BCUT2D eigenvalue weighted by molar-refractivity contribution is 0.237. The van der Waals surface area contributed by atoms with E-state index in [-0.39, 0.29) is 18.3 Å². The second-order valence-electron chi connectivity index (χ2n) is 8.62. The number of benzene rings is 3. The van der Waals surface area contributed by atoms with Crippen molar-refractivity contribution in [3.05, 3.63) is 89.5 Å². The number of anilines is 1. The average Bonchev–Trinajstić information content (AvgIpc) is 3.33. The van der Waals surface area contributed by atoms with Gasteiger partial charge in [0, 0.05) is 31.2 Å². The van der Waals surface area contributed by atoms with E-state index in [0.717, 1.165) is 32.0 Å². The molecule has 1 fully saturated rings. The van der Waals surface area contributed by atoms with Crippen LogP contribution in [0.15, 0.2) is 72.8 Å². The lowest BCUT2D eigenvalue weighted by Gasteiger charge is -2.36. The molecule has 3 aromatic rings. The van der Waals surface area contributed by atoms with E-state index < -0.39 is 0 Å². The van der Waals surface area contributed by atoms with Gasteiger partial charge in [-0.1, -0.05) is 36.4 Å². The van der Waals surface area contributed by atoms with E-state index in [1.807, 2.05) is 6.07 Å². The van der Waals surface area contributed by atoms with E-state index in [1.54, 1.807) is 6.07 Å². The number of phenolic OH excluding ortho intramolecular Hbond substituents is 1. The molecule has 2 heterocycles. The van der Waals surface area contributed by atoms with Crippen LogP contribution >= 0.6 is 12.4 Å². The molecule has 0 bridgehead atoms. The van der Waals surface area contributed by atoms with Crippen molar-refractivity contribution in [3.8, 4) is 11.5 Å². The van der Waals surface area contributed by atoms with Crippen molar-refractivity contribution >= 4 is 18.1 Å². The van der Waals surface area contributed by atoms with Gasteiger partial charge in [-0.05, 0) is 79.0 Å². The van der Waals surface area contributed by atoms with Gasteiger partial charge in [-0.3, -0.25) is 4.90 Å². The van der Waals surface area contributed by atoms with Crippen molar-refractivity contribution in [1.82, 2.24) is 4.90 Å². The largest absolute Gasteiger partial charge is 0.508 e. The van der Waals surface area contributed by atoms with E-state index in [0.29, 0.717) is 5.75 Å². The highest BCUT2D eigenvalue weighted by atomic mass is 35.5. The first kappa shape index (κ1) is 22.5. The zero-order chi connectivity index (χ0) is 21.0. The summed E-state index contributed by atoms with van der Waals surface area (Å²) in [5.74, 6) is 1.46. The van der Waals surface area contributed by atoms with Gasteiger partial charge < -0.3 is 14.7 Å². The van der Waals surface area contributed by atoms with E-state index in [2.05, 4.69) is 70.5 Å². The fraction of sp³-hybridized carbons (Fsp3) is 0.333. The maximum absolute atomic E-state index is 10.1. The molecular formula is C27H31ClN2O2. The first-order valence-electron chi connectivity index (χ1n) is 11.3. The van der Waals surface area contributed by atoms with Crippen molar-refractivity contribution in [3.63, 3.8) is 0 Å². The Balaban J connectivity index is 0.00000245. The van der Waals surface area contributed by atoms with Crippen LogP contribution in [0.3, 0.4) is 0 Å². The number of hydrogen-bond donors (Lipinski definition) is 1. The highest BCUT2D eigenvalue weighted by Crippen LogP contribution is 2.37. The first-order chi connectivity index (χ1) is 15.3. The standard InChI is InChI=1S/C27H30N2O2.ClH/c30-24-11-8-22-19-29(23-6-2-1-3-7-23)20-27(26(22)18-24)21-9-12-25(13-10-21)31-17-16-28-14-4-5-15-28;/h1-3,6-13,18,27,30H,4-5,14-17,19-20H2;1H. The summed E-state index contributed by atoms with van der Waals surface area (Å²) in [7, 11) is 0. The quantitative estimate of drug-likeness (QED) is 0.542. The maximum Gasteiger partial charge on any atom is 0.119 e. The molecule has 1 unspecified atom stereocenters. The van der Waals surface area contributed by atoms with E-state index in [4.69, 9.17) is 4.74 Å². The first-order valence-corrected chi connectivity index (χ1v) is 11.3. The molecule has 0 spiro atoms. The van der Waals surface area contributed by atoms with E-state index in [1.165, 1.54) is 48.3 Å². The molecule has 0 radical (unpaired) electrons. The summed E-state index contributed by atoms with van der Waals surface area (Å²) in [5.41, 5.74) is 4.96. The summed E-state index contributed by atoms with van der Waals surface area (Å²) < 4.78 is 6.00. The molecular weight excluding hydrogens is 420 g/mol. The topological polar surface area (TPSA) is 35.9 Å². The summed E-state index contributed by atoms with van der Waals surface area (Å²) >= 11 is 0. The summed E-state index contributed by atoms with van der Waals surface area (Å²) in [4.78, 5) is 4.89. The number of ether oxygens (including phenoxy) is 1. The van der Waals surface area contributed by atoms with Gasteiger partial charge in [-0.2, -0.15) is 0 Å². The van der Waals surface area contributed by atoms with Gasteiger partial charge in [-0.15, -0.1) is 12.4 Å². The monoisotopic (exact) mass is 450 g/mol. The van der Waals surface area contributed by atoms with Crippen LogP contribution in [0, 0.1) is 0 Å². The zero-order valence-electron chi connectivity index (χ0n) is 18.3. The third-order valence-electron chi connectivity index (χ3n) is 6.55. The maximum atomic E-state index is 10.1. The number of rotatable bonds is 6. The minimum Gasteiger partial charge on any atom is -0.508 e. The van der Waals surface area contributed by atoms with Gasteiger partial charge in [0.25, 0.3) is 0 Å². The number of hydrogen-bond acceptors (Lipinski definition) is 4. The molecule has 0 amide bonds. The molecule has 0 aliphatic carbocycles. The van der Waals surface area contributed by atoms with E-state index in [9.17, 15) is 5.11 Å². The fourth-order valence-corrected chi connectivity index (χ4v) is 4.86. The lowest BCUT2D eigenvalue weighted by Crippen LogP contribution is -2.34. The van der Waals surface area contributed by atoms with Gasteiger partial charge in [0.05, 0.1) is 0 Å². The SMILES string of the molecule is Cl.Oc1ccc2c(c1)C(c1ccc(OCCN3CCCC3)cc1)CN(c1ccccc1)C2. The second kappa shape index (κ2) is 10.3. The molecule has 0 saturated carbocycles. The van der Waals surface area contributed by atoms with Crippen molar-refractivity contribution in [2.45, 2.75) is 25.3 Å². The van der Waals surface area contributed by atoms with Gasteiger partial charge in [0.1, 0.15) is 18.1 Å². The van der Waals surface area contributed by atoms with Crippen molar-refractivity contribution in [2.75, 3.05) is 37.7 Å². The smallest absolute Gasteiger partial charge is 0.119 e. The number of fused-ring (bicyclic) bond motifs is 1. The van der Waals surface area contributed by atoms with Gasteiger partial charge in [0.15, 0.2) is 0 Å². The Kier molecular flexibility index (Phi) is 7.23. The number of aromatic hydroxyl groups is 1. The second-order valence-corrected chi connectivity index (χ2v) is 8.62. The molecule has 4 nitrogen and oxygen atoms in total. The predicted molar refractivity (Wildman–Crippen MR) is 132 cm³/mol. The fourth-order valence-electron chi connectivity index (χ4n) is 4.86. The van der Waals surface area contributed by atoms with E-state index >= 15 is 0 Å². The molecule has 2 aliphatic heterocycles. The number of para-hydroxylation sites is 1. The third kappa shape index (κ3) is 5.03. The number of likely N-dealkylation sites (tertiary alicyclic amines) is 1. The van der Waals surface area contributed by atoms with Crippen LogP contribution in [0.5, 0.6) is 11.5 Å².